The molecular formula is C21H18FN3O4S. The van der Waals surface area contributed by atoms with Gasteiger partial charge >= 0.3 is 0 Å². The fourth-order valence-electron chi connectivity index (χ4n) is 3.38. The van der Waals surface area contributed by atoms with Crippen LogP contribution in [-0.4, -0.2) is 36.1 Å². The van der Waals surface area contributed by atoms with Crippen molar-refractivity contribution in [2.45, 2.75) is 4.90 Å². The summed E-state index contributed by atoms with van der Waals surface area (Å²) in [7, 11) is -0.351. The molecular weight excluding hydrogens is 409 g/mol. The Labute approximate surface area is 171 Å². The molecule has 0 aliphatic carbocycles. The number of methoxy groups -OCH3 is 1. The predicted molar refractivity (Wildman–Crippen MR) is 111 cm³/mol. The minimum Gasteiger partial charge on any atom is -0.496 e. The molecule has 4 aromatic rings. The highest BCUT2D eigenvalue weighted by Crippen LogP contribution is 2.36. The van der Waals surface area contributed by atoms with E-state index in [0.29, 0.717) is 33.3 Å². The van der Waals surface area contributed by atoms with Gasteiger partial charge in [0.1, 0.15) is 5.75 Å². The van der Waals surface area contributed by atoms with Crippen LogP contribution in [-0.2, 0) is 16.9 Å². The second kappa shape index (κ2) is 7.10. The summed E-state index contributed by atoms with van der Waals surface area (Å²) in [6.45, 7) is 0. The normalized spacial score (nSPS) is 11.7. The first-order valence-corrected chi connectivity index (χ1v) is 10.8. The fraction of sp³-hybridized carbons (Fsp3) is 0.143. The van der Waals surface area contributed by atoms with Crippen molar-refractivity contribution in [1.29, 1.82) is 0 Å². The number of aromatic nitrogens is 3. The van der Waals surface area contributed by atoms with Crippen LogP contribution in [0.1, 0.15) is 0 Å². The highest BCUT2D eigenvalue weighted by molar-refractivity contribution is 7.90. The molecule has 9 heteroatoms. The van der Waals surface area contributed by atoms with E-state index >= 15 is 0 Å². The van der Waals surface area contributed by atoms with E-state index in [1.807, 2.05) is 0 Å². The zero-order valence-electron chi connectivity index (χ0n) is 16.5. The van der Waals surface area contributed by atoms with Crippen LogP contribution in [0.15, 0.2) is 64.7 Å². The van der Waals surface area contributed by atoms with Gasteiger partial charge in [0.15, 0.2) is 15.7 Å². The number of rotatable bonds is 4. The van der Waals surface area contributed by atoms with Crippen molar-refractivity contribution in [3.8, 4) is 22.6 Å². The summed E-state index contributed by atoms with van der Waals surface area (Å²) in [5, 5.41) is 4.96. The fourth-order valence-corrected chi connectivity index (χ4v) is 4.03. The lowest BCUT2D eigenvalue weighted by molar-refractivity contribution is 0.416. The summed E-state index contributed by atoms with van der Waals surface area (Å²) >= 11 is 0. The van der Waals surface area contributed by atoms with Crippen molar-refractivity contribution in [2.24, 2.45) is 7.05 Å². The molecule has 0 saturated heterocycles. The topological polar surface area (TPSA) is 83.2 Å². The van der Waals surface area contributed by atoms with Crippen LogP contribution in [0.25, 0.3) is 27.6 Å². The Balaban J connectivity index is 2.08. The molecule has 0 unspecified atom stereocenters. The number of ether oxygens (including phenoxy) is 1. The maximum atomic E-state index is 13.4. The van der Waals surface area contributed by atoms with Crippen molar-refractivity contribution >= 4 is 20.6 Å². The molecule has 2 heterocycles. The summed E-state index contributed by atoms with van der Waals surface area (Å²) in [5.74, 6) is -0.0281. The van der Waals surface area contributed by atoms with Crippen LogP contribution in [0.5, 0.6) is 5.75 Å². The maximum Gasteiger partial charge on any atom is 0.258 e. The van der Waals surface area contributed by atoms with Crippen LogP contribution < -0.4 is 10.3 Å². The lowest BCUT2D eigenvalue weighted by atomic mass is 9.99. The minimum atomic E-state index is -3.46. The molecule has 0 atom stereocenters. The van der Waals surface area contributed by atoms with Gasteiger partial charge in [0.2, 0.25) is 0 Å². The van der Waals surface area contributed by atoms with Crippen molar-refractivity contribution in [3.05, 3.63) is 71.2 Å². The molecule has 2 aromatic heterocycles. The van der Waals surface area contributed by atoms with Gasteiger partial charge in [-0.15, -0.1) is 0 Å². The number of benzene rings is 2. The Kier molecular flexibility index (Phi) is 4.70. The van der Waals surface area contributed by atoms with E-state index in [4.69, 9.17) is 4.74 Å². The van der Waals surface area contributed by atoms with E-state index in [1.165, 1.54) is 34.7 Å². The Bertz CT molecular complexity index is 1460. The number of hydrogen-bond donors (Lipinski definition) is 0. The Hall–Kier alpha value is -3.46. The number of halogens is 1. The van der Waals surface area contributed by atoms with Crippen LogP contribution in [0.3, 0.4) is 0 Å². The molecule has 0 N–H and O–H groups in total. The van der Waals surface area contributed by atoms with Crippen molar-refractivity contribution in [1.82, 2.24) is 14.3 Å². The van der Waals surface area contributed by atoms with E-state index in [-0.39, 0.29) is 10.5 Å². The van der Waals surface area contributed by atoms with Crippen molar-refractivity contribution in [3.63, 3.8) is 0 Å². The van der Waals surface area contributed by atoms with Gasteiger partial charge in [0.05, 0.1) is 30.1 Å². The molecule has 7 nitrogen and oxygen atoms in total. The molecule has 4 rings (SSSR count). The van der Waals surface area contributed by atoms with E-state index in [9.17, 15) is 17.6 Å². The number of pyridine rings is 1. The minimum absolute atomic E-state index is 0.130. The van der Waals surface area contributed by atoms with Gasteiger partial charge in [0, 0.05) is 36.0 Å². The maximum absolute atomic E-state index is 13.4. The Morgan fingerprint density at radius 3 is 2.43 bits per heavy atom. The van der Waals surface area contributed by atoms with E-state index in [0.717, 1.165) is 12.5 Å². The third kappa shape index (κ3) is 3.37. The largest absolute Gasteiger partial charge is 0.496 e. The molecule has 0 fully saturated rings. The average Bonchev–Trinajstić information content (AvgIpc) is 3.15. The van der Waals surface area contributed by atoms with Crippen LogP contribution in [0, 0.1) is 5.82 Å². The number of aryl methyl sites for hydroxylation is 1. The number of hydrogen-bond acceptors (Lipinski definition) is 5. The van der Waals surface area contributed by atoms with Gasteiger partial charge in [-0.3, -0.25) is 4.79 Å². The monoisotopic (exact) mass is 427 g/mol. The molecule has 0 spiro atoms. The smallest absolute Gasteiger partial charge is 0.258 e. The van der Waals surface area contributed by atoms with Gasteiger partial charge in [-0.1, -0.05) is 0 Å². The molecule has 0 aliphatic rings. The van der Waals surface area contributed by atoms with Crippen LogP contribution in [0.4, 0.5) is 4.39 Å². The van der Waals surface area contributed by atoms with Crippen LogP contribution >= 0.6 is 0 Å². The first kappa shape index (κ1) is 19.8. The summed E-state index contributed by atoms with van der Waals surface area (Å²) in [4.78, 5) is 12.8. The van der Waals surface area contributed by atoms with Crippen molar-refractivity contribution in [2.75, 3.05) is 13.4 Å². The lowest BCUT2D eigenvalue weighted by Crippen LogP contribution is -2.17. The van der Waals surface area contributed by atoms with Crippen molar-refractivity contribution < 1.29 is 17.5 Å². The highest BCUT2D eigenvalue weighted by atomic mass is 32.2. The molecule has 0 bridgehead atoms. The average molecular weight is 427 g/mol. The second-order valence-electron chi connectivity index (χ2n) is 6.93. The number of sulfone groups is 1. The Morgan fingerprint density at radius 2 is 1.80 bits per heavy atom. The predicted octanol–water partition coefficient (Wildman–Crippen LogP) is 2.94. The van der Waals surface area contributed by atoms with E-state index < -0.39 is 15.7 Å². The quantitative estimate of drug-likeness (QED) is 0.500. The summed E-state index contributed by atoms with van der Waals surface area (Å²) in [5.41, 5.74) is 1.46. The van der Waals surface area contributed by atoms with E-state index in [1.54, 1.807) is 37.5 Å². The number of nitrogens with zero attached hydrogens (tertiary/aromatic N) is 3. The first-order chi connectivity index (χ1) is 14.2. The molecule has 0 radical (unpaired) electrons. The first-order valence-electron chi connectivity index (χ1n) is 8.91. The van der Waals surface area contributed by atoms with Gasteiger partial charge in [-0.2, -0.15) is 5.10 Å². The zero-order valence-corrected chi connectivity index (χ0v) is 17.3. The summed E-state index contributed by atoms with van der Waals surface area (Å²) < 4.78 is 45.9. The van der Waals surface area contributed by atoms with Crippen LogP contribution in [0.2, 0.25) is 0 Å². The molecule has 30 heavy (non-hydrogen) atoms. The molecule has 0 aliphatic heterocycles. The molecule has 2 aromatic carbocycles. The standard InChI is InChI=1S/C21H18FN3O4S/c1-24-12-19(18-9-15(30(3,27)28)5-7-20(18)29-2)17-8-14(4-6-16(17)21(24)26)25-11-13(22)10-23-25/h4-12H,1-3H3. The lowest BCUT2D eigenvalue weighted by Gasteiger charge is -2.15. The summed E-state index contributed by atoms with van der Waals surface area (Å²) in [6.07, 6.45) is 5.07. The van der Waals surface area contributed by atoms with Gasteiger partial charge < -0.3 is 9.30 Å². The van der Waals surface area contributed by atoms with Gasteiger partial charge in [-0.05, 0) is 41.8 Å². The second-order valence-corrected chi connectivity index (χ2v) is 8.94. The molecule has 154 valence electrons. The highest BCUT2D eigenvalue weighted by Gasteiger charge is 2.17. The third-order valence-corrected chi connectivity index (χ3v) is 5.98. The molecule has 0 amide bonds. The Morgan fingerprint density at radius 1 is 1.03 bits per heavy atom. The summed E-state index contributed by atoms with van der Waals surface area (Å²) in [6, 6.07) is 9.60. The van der Waals surface area contributed by atoms with Gasteiger partial charge in [0.25, 0.3) is 5.56 Å². The molecule has 0 saturated carbocycles. The zero-order chi connectivity index (χ0) is 21.6. The van der Waals surface area contributed by atoms with E-state index in [2.05, 4.69) is 5.10 Å². The van der Waals surface area contributed by atoms with Gasteiger partial charge in [-0.25, -0.2) is 17.5 Å². The number of fused-ring (bicyclic) bond motifs is 1. The SMILES string of the molecule is COc1ccc(S(C)(=O)=O)cc1-c1cn(C)c(=O)c2ccc(-n3cc(F)cn3)cc12. The third-order valence-electron chi connectivity index (χ3n) is 4.87.